The summed E-state index contributed by atoms with van der Waals surface area (Å²) in [5.41, 5.74) is -1.04. The molecule has 3 aromatic rings. The topological polar surface area (TPSA) is 91.8 Å². The van der Waals surface area contributed by atoms with Crippen molar-refractivity contribution in [1.82, 2.24) is 4.98 Å². The Morgan fingerprint density at radius 1 is 1.03 bits per heavy atom. The fourth-order valence-corrected chi connectivity index (χ4v) is 3.98. The highest BCUT2D eigenvalue weighted by atomic mass is 16.6. The number of aromatic nitrogens is 1. The molecule has 2 aromatic carbocycles. The highest BCUT2D eigenvalue weighted by Gasteiger charge is 2.61. The molecule has 0 aliphatic carbocycles. The Kier molecular flexibility index (Phi) is 5.73. The summed E-state index contributed by atoms with van der Waals surface area (Å²) in [7, 11) is 2.67. The number of ether oxygens (including phenoxy) is 3. The maximum atomic E-state index is 13.7. The van der Waals surface area contributed by atoms with Crippen molar-refractivity contribution in [2.45, 2.75) is 17.9 Å². The lowest BCUT2D eigenvalue weighted by molar-refractivity contribution is -0.155. The Bertz CT molecular complexity index is 1160. The number of hydrogen-bond donors (Lipinski definition) is 0. The van der Waals surface area contributed by atoms with Crippen molar-refractivity contribution in [2.24, 2.45) is 0 Å². The number of carbonyl (C=O) groups is 3. The van der Waals surface area contributed by atoms with E-state index in [-0.39, 0.29) is 29.2 Å². The fraction of sp³-hybridized carbons (Fsp3) is 0.200. The van der Waals surface area contributed by atoms with E-state index in [2.05, 4.69) is 4.98 Å². The summed E-state index contributed by atoms with van der Waals surface area (Å²) in [5, 5.41) is 0. The number of rotatable bonds is 7. The van der Waals surface area contributed by atoms with Gasteiger partial charge in [0.2, 0.25) is 5.78 Å². The molecule has 0 saturated heterocycles. The molecule has 1 aliphatic heterocycles. The Hall–Kier alpha value is -4.00. The van der Waals surface area contributed by atoms with Gasteiger partial charge in [0.1, 0.15) is 17.2 Å². The van der Waals surface area contributed by atoms with Crippen molar-refractivity contribution < 1.29 is 28.6 Å². The third kappa shape index (κ3) is 3.51. The number of esters is 1. The van der Waals surface area contributed by atoms with Crippen molar-refractivity contribution in [2.75, 3.05) is 14.2 Å². The second-order valence-electron chi connectivity index (χ2n) is 7.33. The summed E-state index contributed by atoms with van der Waals surface area (Å²) in [5.74, 6) is -2.06. The van der Waals surface area contributed by atoms with Gasteiger partial charge < -0.3 is 14.2 Å². The average molecular weight is 431 g/mol. The second kappa shape index (κ2) is 8.63. The molecule has 7 heteroatoms. The molecular weight excluding hydrogens is 410 g/mol. The Morgan fingerprint density at radius 2 is 1.78 bits per heavy atom. The van der Waals surface area contributed by atoms with E-state index < -0.39 is 23.3 Å². The number of hydrogen-bond acceptors (Lipinski definition) is 7. The molecule has 1 aliphatic rings. The number of fused-ring (bicyclic) bond motifs is 1. The van der Waals surface area contributed by atoms with Gasteiger partial charge in [-0.25, -0.2) is 4.79 Å². The monoisotopic (exact) mass is 431 g/mol. The van der Waals surface area contributed by atoms with Crippen LogP contribution in [0, 0.1) is 0 Å². The summed E-state index contributed by atoms with van der Waals surface area (Å²) < 4.78 is 16.3. The van der Waals surface area contributed by atoms with Gasteiger partial charge in [0.05, 0.1) is 19.8 Å². The van der Waals surface area contributed by atoms with Crippen molar-refractivity contribution >= 4 is 17.5 Å². The van der Waals surface area contributed by atoms with Crippen LogP contribution in [-0.2, 0) is 9.53 Å². The zero-order valence-electron chi connectivity index (χ0n) is 17.6. The SMILES string of the molecule is COC(=O)[C@@]1([C@@H](CC(=O)c2ccccn2)c2ccccc2)Oc2ccc(OC)cc2C1=O. The molecular formula is C25H21NO6. The molecule has 0 saturated carbocycles. The zero-order valence-corrected chi connectivity index (χ0v) is 17.6. The number of benzene rings is 2. The van der Waals surface area contributed by atoms with Crippen LogP contribution in [0.4, 0.5) is 0 Å². The van der Waals surface area contributed by atoms with Gasteiger partial charge in [-0.1, -0.05) is 36.4 Å². The first-order valence-electron chi connectivity index (χ1n) is 10.0. The minimum atomic E-state index is -2.06. The molecule has 0 amide bonds. The van der Waals surface area contributed by atoms with Crippen LogP contribution in [0.3, 0.4) is 0 Å². The van der Waals surface area contributed by atoms with E-state index >= 15 is 0 Å². The average Bonchev–Trinajstić information content (AvgIpc) is 3.15. The van der Waals surface area contributed by atoms with Crippen LogP contribution in [0.15, 0.2) is 72.9 Å². The van der Waals surface area contributed by atoms with E-state index in [1.165, 1.54) is 26.5 Å². The first-order chi connectivity index (χ1) is 15.5. The summed E-state index contributed by atoms with van der Waals surface area (Å²) in [6.07, 6.45) is 1.33. The van der Waals surface area contributed by atoms with Crippen molar-refractivity contribution in [3.05, 3.63) is 89.7 Å². The number of carbonyl (C=O) groups excluding carboxylic acids is 3. The van der Waals surface area contributed by atoms with Gasteiger partial charge in [-0.2, -0.15) is 0 Å². The van der Waals surface area contributed by atoms with Crippen LogP contribution in [0.2, 0.25) is 0 Å². The number of pyridine rings is 1. The number of ketones is 2. The van der Waals surface area contributed by atoms with Crippen LogP contribution < -0.4 is 9.47 Å². The van der Waals surface area contributed by atoms with Gasteiger partial charge in [0.25, 0.3) is 5.60 Å². The number of methoxy groups -OCH3 is 2. The third-order valence-corrected chi connectivity index (χ3v) is 5.56. The maximum absolute atomic E-state index is 13.7. The predicted molar refractivity (Wildman–Crippen MR) is 115 cm³/mol. The predicted octanol–water partition coefficient (Wildman–Crippen LogP) is 3.63. The van der Waals surface area contributed by atoms with Crippen molar-refractivity contribution in [3.63, 3.8) is 0 Å². The van der Waals surface area contributed by atoms with Gasteiger partial charge in [-0.15, -0.1) is 0 Å². The highest BCUT2D eigenvalue weighted by Crippen LogP contribution is 2.46. The van der Waals surface area contributed by atoms with E-state index in [1.54, 1.807) is 54.6 Å². The van der Waals surface area contributed by atoms with Gasteiger partial charge in [-0.3, -0.25) is 14.6 Å². The Balaban J connectivity index is 1.85. The maximum Gasteiger partial charge on any atom is 0.359 e. The van der Waals surface area contributed by atoms with E-state index in [1.807, 2.05) is 6.07 Å². The second-order valence-corrected chi connectivity index (χ2v) is 7.33. The molecule has 0 fully saturated rings. The molecule has 0 N–H and O–H groups in total. The van der Waals surface area contributed by atoms with Gasteiger partial charge in [0.15, 0.2) is 5.78 Å². The fourth-order valence-electron chi connectivity index (χ4n) is 3.98. The summed E-state index contributed by atoms with van der Waals surface area (Å²) in [4.78, 5) is 44.1. The van der Waals surface area contributed by atoms with E-state index in [9.17, 15) is 14.4 Å². The quantitative estimate of drug-likeness (QED) is 0.320. The minimum Gasteiger partial charge on any atom is -0.497 e. The molecule has 1 aromatic heterocycles. The summed E-state index contributed by atoms with van der Waals surface area (Å²) >= 11 is 0. The molecule has 4 rings (SSSR count). The van der Waals surface area contributed by atoms with Crippen LogP contribution in [0.25, 0.3) is 0 Å². The normalized spacial score (nSPS) is 17.8. The third-order valence-electron chi connectivity index (χ3n) is 5.56. The molecule has 2 atom stereocenters. The molecule has 162 valence electrons. The molecule has 2 heterocycles. The molecule has 0 unspecified atom stereocenters. The Labute approximate surface area is 185 Å². The number of Topliss-reactive ketones (excluding diaryl/α,β-unsaturated/α-hetero) is 2. The summed E-state index contributed by atoms with van der Waals surface area (Å²) in [6.45, 7) is 0. The molecule has 0 bridgehead atoms. The Morgan fingerprint density at radius 3 is 2.44 bits per heavy atom. The van der Waals surface area contributed by atoms with Gasteiger partial charge in [-0.05, 0) is 35.9 Å². The molecule has 7 nitrogen and oxygen atoms in total. The minimum absolute atomic E-state index is 0.188. The lowest BCUT2D eigenvalue weighted by Crippen LogP contribution is -2.54. The lowest BCUT2D eigenvalue weighted by atomic mass is 9.75. The largest absolute Gasteiger partial charge is 0.497 e. The highest BCUT2D eigenvalue weighted by molar-refractivity contribution is 6.20. The van der Waals surface area contributed by atoms with Crippen molar-refractivity contribution in [1.29, 1.82) is 0 Å². The molecule has 0 spiro atoms. The first kappa shape index (κ1) is 21.2. The summed E-state index contributed by atoms with van der Waals surface area (Å²) in [6, 6.07) is 18.6. The van der Waals surface area contributed by atoms with E-state index in [0.717, 1.165) is 0 Å². The molecule has 0 radical (unpaired) electrons. The van der Waals surface area contributed by atoms with Crippen LogP contribution in [0.1, 0.15) is 38.7 Å². The van der Waals surface area contributed by atoms with E-state index in [4.69, 9.17) is 14.2 Å². The number of nitrogens with zero attached hydrogens (tertiary/aromatic N) is 1. The standard InChI is InChI=1S/C25H21NO6/c1-30-17-11-12-22-18(14-17)23(28)25(32-22,24(29)31-2)19(16-8-4-3-5-9-16)15-21(27)20-10-6-7-13-26-20/h3-14,19H,15H2,1-2H3/t19-,25-/m0/s1. The molecule has 32 heavy (non-hydrogen) atoms. The van der Waals surface area contributed by atoms with Crippen LogP contribution in [-0.4, -0.2) is 42.3 Å². The first-order valence-corrected chi connectivity index (χ1v) is 10.0. The lowest BCUT2D eigenvalue weighted by Gasteiger charge is -2.32. The van der Waals surface area contributed by atoms with Gasteiger partial charge in [0, 0.05) is 18.5 Å². The van der Waals surface area contributed by atoms with Crippen LogP contribution in [0.5, 0.6) is 11.5 Å². The van der Waals surface area contributed by atoms with Crippen molar-refractivity contribution in [3.8, 4) is 11.5 Å². The van der Waals surface area contributed by atoms with Crippen LogP contribution >= 0.6 is 0 Å². The van der Waals surface area contributed by atoms with E-state index in [0.29, 0.717) is 11.3 Å². The zero-order chi connectivity index (χ0) is 22.7. The smallest absolute Gasteiger partial charge is 0.359 e. The van der Waals surface area contributed by atoms with Gasteiger partial charge >= 0.3 is 5.97 Å².